The Morgan fingerprint density at radius 3 is 2.58 bits per heavy atom. The highest BCUT2D eigenvalue weighted by atomic mass is 35.5. The van der Waals surface area contributed by atoms with Crippen LogP contribution in [0.2, 0.25) is 10.2 Å². The number of carbonyl (C=O) groups excluding carboxylic acids is 1. The molecule has 1 aliphatic heterocycles. The Bertz CT molecular complexity index is 1190. The molecule has 2 aromatic carbocycles. The molecular weight excluding hydrogens is 467 g/mol. The third-order valence-electron chi connectivity index (χ3n) is 5.30. The number of hydrogen-bond donors (Lipinski definition) is 1. The van der Waals surface area contributed by atoms with E-state index < -0.39 is 18.6 Å². The Hall–Kier alpha value is -3.29. The van der Waals surface area contributed by atoms with Gasteiger partial charge in [-0.3, -0.25) is 4.79 Å². The van der Waals surface area contributed by atoms with Crippen molar-refractivity contribution in [1.29, 1.82) is 0 Å². The van der Waals surface area contributed by atoms with Crippen LogP contribution < -0.4 is 9.47 Å². The molecule has 0 spiro atoms. The predicted molar refractivity (Wildman–Crippen MR) is 123 cm³/mol. The van der Waals surface area contributed by atoms with Gasteiger partial charge in [-0.25, -0.2) is 9.78 Å². The van der Waals surface area contributed by atoms with Crippen molar-refractivity contribution in [2.75, 3.05) is 19.8 Å². The van der Waals surface area contributed by atoms with Gasteiger partial charge in [0, 0.05) is 23.3 Å². The third kappa shape index (κ3) is 5.21. The molecule has 9 heteroatoms. The molecule has 3 aromatic rings. The minimum Gasteiger partial charge on any atom is -0.482 e. The molecular formula is C24H20Cl2N2O5. The summed E-state index contributed by atoms with van der Waals surface area (Å²) >= 11 is 12.3. The van der Waals surface area contributed by atoms with Crippen molar-refractivity contribution in [3.8, 4) is 11.5 Å². The van der Waals surface area contributed by atoms with E-state index in [0.29, 0.717) is 35.1 Å². The molecule has 1 amide bonds. The first kappa shape index (κ1) is 22.9. The summed E-state index contributed by atoms with van der Waals surface area (Å²) in [6.07, 6.45) is 2.20. The Morgan fingerprint density at radius 2 is 1.79 bits per heavy atom. The lowest BCUT2D eigenvalue weighted by atomic mass is 9.87. The van der Waals surface area contributed by atoms with E-state index in [0.717, 1.165) is 11.1 Å². The standard InChI is InChI=1S/C24H20Cl2N2O5/c25-16-7-8-19(33-14-22(30)31)18(12-16)23-17-5-2-1-4-15(17)9-11-28(23)21(29)13-32-20-6-3-10-27-24(20)26/h1-8,10,12,23H,9,11,13-14H2,(H,30,31). The van der Waals surface area contributed by atoms with E-state index in [-0.39, 0.29) is 17.7 Å². The smallest absolute Gasteiger partial charge is 0.341 e. The summed E-state index contributed by atoms with van der Waals surface area (Å²) in [6, 6.07) is 15.5. The number of pyridine rings is 1. The minimum atomic E-state index is -1.10. The maximum absolute atomic E-state index is 13.3. The first-order chi connectivity index (χ1) is 15.9. The minimum absolute atomic E-state index is 0.171. The molecule has 1 aliphatic rings. The zero-order valence-electron chi connectivity index (χ0n) is 17.4. The van der Waals surface area contributed by atoms with Gasteiger partial charge in [0.15, 0.2) is 24.1 Å². The average Bonchev–Trinajstić information content (AvgIpc) is 2.81. The number of fused-ring (bicyclic) bond motifs is 1. The second-order valence-corrected chi connectivity index (χ2v) is 8.18. The number of carbonyl (C=O) groups is 2. The SMILES string of the molecule is O=C(O)COc1ccc(Cl)cc1C1c2ccccc2CCN1C(=O)COc1cccnc1Cl. The summed E-state index contributed by atoms with van der Waals surface area (Å²) in [5.74, 6) is -0.708. The molecule has 4 rings (SSSR count). The maximum Gasteiger partial charge on any atom is 0.341 e. The van der Waals surface area contributed by atoms with Gasteiger partial charge in [-0.15, -0.1) is 0 Å². The Kier molecular flexibility index (Phi) is 7.01. The maximum atomic E-state index is 13.3. The molecule has 1 aromatic heterocycles. The fourth-order valence-corrected chi connectivity index (χ4v) is 4.23. The monoisotopic (exact) mass is 486 g/mol. The number of halogens is 2. The molecule has 0 fully saturated rings. The second-order valence-electron chi connectivity index (χ2n) is 7.38. The Labute approximate surface area is 200 Å². The summed E-state index contributed by atoms with van der Waals surface area (Å²) in [5, 5.41) is 9.70. The quantitative estimate of drug-likeness (QED) is 0.497. The molecule has 0 aliphatic carbocycles. The van der Waals surface area contributed by atoms with E-state index in [4.69, 9.17) is 37.8 Å². The molecule has 170 valence electrons. The molecule has 1 N–H and O–H groups in total. The van der Waals surface area contributed by atoms with Crippen LogP contribution >= 0.6 is 23.2 Å². The Morgan fingerprint density at radius 1 is 1.00 bits per heavy atom. The number of ether oxygens (including phenoxy) is 2. The lowest BCUT2D eigenvalue weighted by Gasteiger charge is -2.38. The second kappa shape index (κ2) is 10.1. The number of rotatable bonds is 7. The normalized spacial score (nSPS) is 15.0. The van der Waals surface area contributed by atoms with Crippen molar-refractivity contribution in [1.82, 2.24) is 9.88 Å². The summed E-state index contributed by atoms with van der Waals surface area (Å²) in [5.41, 5.74) is 2.61. The van der Waals surface area contributed by atoms with Crippen LogP contribution in [0.5, 0.6) is 11.5 Å². The van der Waals surface area contributed by atoms with Crippen LogP contribution in [0.25, 0.3) is 0 Å². The van der Waals surface area contributed by atoms with Crippen LogP contribution in [0, 0.1) is 0 Å². The number of nitrogens with zero attached hydrogens (tertiary/aromatic N) is 2. The lowest BCUT2D eigenvalue weighted by Crippen LogP contribution is -2.43. The molecule has 0 saturated heterocycles. The van der Waals surface area contributed by atoms with Crippen molar-refractivity contribution >= 4 is 35.1 Å². The number of carboxylic acids is 1. The third-order valence-corrected chi connectivity index (χ3v) is 5.82. The van der Waals surface area contributed by atoms with Crippen LogP contribution in [-0.2, 0) is 16.0 Å². The molecule has 7 nitrogen and oxygen atoms in total. The highest BCUT2D eigenvalue weighted by molar-refractivity contribution is 6.31. The number of carboxylic acid groups (broad SMARTS) is 1. The first-order valence-corrected chi connectivity index (χ1v) is 10.9. The van der Waals surface area contributed by atoms with Crippen LogP contribution in [-0.4, -0.2) is 46.6 Å². The fraction of sp³-hybridized carbons (Fsp3) is 0.208. The van der Waals surface area contributed by atoms with E-state index in [1.807, 2.05) is 24.3 Å². The molecule has 1 atom stereocenters. The van der Waals surface area contributed by atoms with E-state index in [9.17, 15) is 9.59 Å². The zero-order valence-corrected chi connectivity index (χ0v) is 18.9. The molecule has 2 heterocycles. The van der Waals surface area contributed by atoms with Gasteiger partial charge in [-0.05, 0) is 47.9 Å². The number of amides is 1. The van der Waals surface area contributed by atoms with Gasteiger partial charge in [0.2, 0.25) is 0 Å². The number of benzene rings is 2. The van der Waals surface area contributed by atoms with Crippen LogP contribution in [0.1, 0.15) is 22.7 Å². The van der Waals surface area contributed by atoms with Gasteiger partial charge in [0.25, 0.3) is 5.91 Å². The van der Waals surface area contributed by atoms with Gasteiger partial charge in [0.05, 0.1) is 6.04 Å². The molecule has 0 radical (unpaired) electrons. The van der Waals surface area contributed by atoms with E-state index in [1.54, 1.807) is 35.2 Å². The van der Waals surface area contributed by atoms with Crippen LogP contribution in [0.15, 0.2) is 60.8 Å². The highest BCUT2D eigenvalue weighted by Crippen LogP contribution is 2.40. The summed E-state index contributed by atoms with van der Waals surface area (Å²) < 4.78 is 11.2. The van der Waals surface area contributed by atoms with Crippen molar-refractivity contribution < 1.29 is 24.2 Å². The average molecular weight is 487 g/mol. The van der Waals surface area contributed by atoms with Crippen molar-refractivity contribution in [3.05, 3.63) is 87.7 Å². The summed E-state index contributed by atoms with van der Waals surface area (Å²) in [7, 11) is 0. The number of aromatic nitrogens is 1. The first-order valence-electron chi connectivity index (χ1n) is 10.2. The molecule has 0 saturated carbocycles. The fourth-order valence-electron chi connectivity index (χ4n) is 3.88. The van der Waals surface area contributed by atoms with Crippen LogP contribution in [0.3, 0.4) is 0 Å². The molecule has 33 heavy (non-hydrogen) atoms. The molecule has 1 unspecified atom stereocenters. The van der Waals surface area contributed by atoms with Crippen molar-refractivity contribution in [3.63, 3.8) is 0 Å². The zero-order chi connectivity index (χ0) is 23.4. The van der Waals surface area contributed by atoms with Crippen LogP contribution in [0.4, 0.5) is 0 Å². The van der Waals surface area contributed by atoms with E-state index >= 15 is 0 Å². The lowest BCUT2D eigenvalue weighted by molar-refractivity contribution is -0.139. The van der Waals surface area contributed by atoms with Gasteiger partial charge in [-0.1, -0.05) is 47.5 Å². The van der Waals surface area contributed by atoms with E-state index in [2.05, 4.69) is 4.98 Å². The van der Waals surface area contributed by atoms with Crippen molar-refractivity contribution in [2.24, 2.45) is 0 Å². The largest absolute Gasteiger partial charge is 0.482 e. The van der Waals surface area contributed by atoms with E-state index in [1.165, 1.54) is 6.20 Å². The summed E-state index contributed by atoms with van der Waals surface area (Å²) in [6.45, 7) is -0.314. The van der Waals surface area contributed by atoms with Gasteiger partial charge in [0.1, 0.15) is 5.75 Å². The van der Waals surface area contributed by atoms with Gasteiger partial charge in [-0.2, -0.15) is 0 Å². The Balaban J connectivity index is 1.69. The van der Waals surface area contributed by atoms with Crippen molar-refractivity contribution in [2.45, 2.75) is 12.5 Å². The predicted octanol–water partition coefficient (Wildman–Crippen LogP) is 4.40. The van der Waals surface area contributed by atoms with Gasteiger partial charge >= 0.3 is 5.97 Å². The van der Waals surface area contributed by atoms with Gasteiger partial charge < -0.3 is 19.5 Å². The highest BCUT2D eigenvalue weighted by Gasteiger charge is 2.34. The topological polar surface area (TPSA) is 89.0 Å². The number of hydrogen-bond acceptors (Lipinski definition) is 5. The summed E-state index contributed by atoms with van der Waals surface area (Å²) in [4.78, 5) is 30.0. The number of aliphatic carboxylic acids is 1. The molecule has 0 bridgehead atoms.